The highest BCUT2D eigenvalue weighted by molar-refractivity contribution is 6.07. The van der Waals surface area contributed by atoms with Crippen molar-refractivity contribution in [3.63, 3.8) is 0 Å². The smallest absolute Gasteiger partial charge is 0.339 e. The molecule has 5 heteroatoms. The maximum Gasteiger partial charge on any atom is 0.339 e. The predicted octanol–water partition coefficient (Wildman–Crippen LogP) is 4.96. The zero-order valence-corrected chi connectivity index (χ0v) is 19.7. The van der Waals surface area contributed by atoms with Crippen LogP contribution in [-0.2, 0) is 19.1 Å². The molecule has 0 atom stereocenters. The minimum Gasteiger partial charge on any atom is -0.465 e. The van der Waals surface area contributed by atoms with Crippen molar-refractivity contribution < 1.29 is 19.1 Å². The van der Waals surface area contributed by atoms with Gasteiger partial charge in [-0.3, -0.25) is 0 Å². The number of hydrogen-bond acceptors (Lipinski definition) is 5. The maximum absolute atomic E-state index is 12.9. The first-order valence-corrected chi connectivity index (χ1v) is 11.2. The van der Waals surface area contributed by atoms with Gasteiger partial charge in [-0.1, -0.05) is 38.2 Å². The summed E-state index contributed by atoms with van der Waals surface area (Å²) >= 11 is 0. The lowest BCUT2D eigenvalue weighted by molar-refractivity contribution is -0.138. The summed E-state index contributed by atoms with van der Waals surface area (Å²) < 4.78 is 10.1. The topological polar surface area (TPSA) is 55.8 Å². The predicted molar refractivity (Wildman–Crippen MR) is 127 cm³/mol. The van der Waals surface area contributed by atoms with Crippen molar-refractivity contribution in [2.75, 3.05) is 27.3 Å². The molecule has 0 radical (unpaired) electrons. The first kappa shape index (κ1) is 23.6. The summed E-state index contributed by atoms with van der Waals surface area (Å²) in [5.74, 6) is -0.821. The van der Waals surface area contributed by atoms with Crippen LogP contribution in [0.1, 0.15) is 40.0 Å². The quantitative estimate of drug-likeness (QED) is 0.571. The van der Waals surface area contributed by atoms with Gasteiger partial charge in [-0.05, 0) is 72.7 Å². The highest BCUT2D eigenvalue weighted by Gasteiger charge is 2.30. The van der Waals surface area contributed by atoms with Crippen molar-refractivity contribution in [2.45, 2.75) is 40.0 Å². The zero-order valence-electron chi connectivity index (χ0n) is 19.7. The van der Waals surface area contributed by atoms with E-state index in [4.69, 9.17) is 9.47 Å². The van der Waals surface area contributed by atoms with Gasteiger partial charge in [0.05, 0.1) is 25.4 Å². The molecule has 0 saturated carbocycles. The van der Waals surface area contributed by atoms with Gasteiger partial charge in [-0.2, -0.15) is 0 Å². The van der Waals surface area contributed by atoms with Crippen LogP contribution in [0, 0.1) is 5.92 Å². The molecule has 0 aromatic heterocycles. The van der Waals surface area contributed by atoms with Crippen LogP contribution in [0.15, 0.2) is 81.7 Å². The van der Waals surface area contributed by atoms with Crippen molar-refractivity contribution in [1.82, 2.24) is 4.90 Å². The first-order valence-electron chi connectivity index (χ1n) is 11.2. The summed E-state index contributed by atoms with van der Waals surface area (Å²) in [7, 11) is 2.65. The van der Waals surface area contributed by atoms with Gasteiger partial charge >= 0.3 is 11.9 Å². The number of esters is 2. The molecule has 2 aliphatic carbocycles. The normalized spacial score (nSPS) is 19.3. The number of rotatable bonds is 5. The third-order valence-corrected chi connectivity index (χ3v) is 6.08. The molecule has 32 heavy (non-hydrogen) atoms. The molecule has 0 bridgehead atoms. The largest absolute Gasteiger partial charge is 0.465 e. The number of carbonyl (C=O) groups excluding carboxylic acids is 2. The number of carbonyl (C=O) groups is 2. The molecule has 5 nitrogen and oxygen atoms in total. The van der Waals surface area contributed by atoms with Crippen molar-refractivity contribution >= 4 is 11.9 Å². The molecule has 0 aromatic rings. The first-order chi connectivity index (χ1) is 15.4. The van der Waals surface area contributed by atoms with Gasteiger partial charge in [0.15, 0.2) is 0 Å². The molecule has 0 N–H and O–H groups in total. The van der Waals surface area contributed by atoms with E-state index in [9.17, 15) is 9.59 Å². The molecule has 1 fully saturated rings. The van der Waals surface area contributed by atoms with Crippen LogP contribution in [-0.4, -0.2) is 44.1 Å². The number of fused-ring (bicyclic) bond motifs is 1. The van der Waals surface area contributed by atoms with Crippen LogP contribution in [0.3, 0.4) is 0 Å². The number of piperidine rings is 1. The van der Waals surface area contributed by atoms with E-state index in [1.807, 2.05) is 19.1 Å². The Balaban J connectivity index is 2.26. The summed E-state index contributed by atoms with van der Waals surface area (Å²) in [5.41, 5.74) is 5.01. The lowest BCUT2D eigenvalue weighted by Gasteiger charge is -2.25. The molecule has 3 aliphatic rings. The molecule has 1 heterocycles. The molecule has 0 spiro atoms. The van der Waals surface area contributed by atoms with Gasteiger partial charge in [0.1, 0.15) is 0 Å². The Morgan fingerprint density at radius 2 is 1.66 bits per heavy atom. The summed E-state index contributed by atoms with van der Waals surface area (Å²) in [6, 6.07) is 0. The standard InChI is InChI=1S/C27H33NO4/c1-18(2)21-10-9-19(3)24-23(17-21)20(13-16-28-14-7-6-8-15-28)11-12-22(26(29)31-4)25(24)27(30)32-5/h9-13,16-18H,6-8,14-15H2,1-5H3/b16-13+. The van der Waals surface area contributed by atoms with E-state index in [1.54, 1.807) is 6.08 Å². The van der Waals surface area contributed by atoms with Gasteiger partial charge in [0, 0.05) is 18.7 Å². The zero-order chi connectivity index (χ0) is 23.3. The molecule has 170 valence electrons. The fourth-order valence-electron chi connectivity index (χ4n) is 4.20. The average Bonchev–Trinajstić information content (AvgIpc) is 3.07. The maximum atomic E-state index is 12.9. The summed E-state index contributed by atoms with van der Waals surface area (Å²) in [6.07, 6.45) is 17.6. The number of likely N-dealkylation sites (tertiary alicyclic amines) is 1. The molecule has 1 saturated heterocycles. The molecule has 0 unspecified atom stereocenters. The third kappa shape index (κ3) is 5.04. The number of nitrogens with zero attached hydrogens (tertiary/aromatic N) is 1. The van der Waals surface area contributed by atoms with Gasteiger partial charge in [-0.25, -0.2) is 9.59 Å². The number of ether oxygens (including phenoxy) is 2. The second kappa shape index (κ2) is 10.5. The highest BCUT2D eigenvalue weighted by Crippen LogP contribution is 2.38. The van der Waals surface area contributed by atoms with Crippen molar-refractivity contribution in [3.8, 4) is 0 Å². The van der Waals surface area contributed by atoms with E-state index in [-0.39, 0.29) is 11.1 Å². The second-order valence-corrected chi connectivity index (χ2v) is 8.58. The Morgan fingerprint density at radius 3 is 2.28 bits per heavy atom. The fraction of sp³-hybridized carbons (Fsp3) is 0.407. The van der Waals surface area contributed by atoms with E-state index in [1.165, 1.54) is 33.5 Å². The van der Waals surface area contributed by atoms with Crippen LogP contribution >= 0.6 is 0 Å². The molecule has 3 rings (SSSR count). The Hall–Kier alpha value is -3.08. The van der Waals surface area contributed by atoms with Gasteiger partial charge in [-0.15, -0.1) is 0 Å². The summed E-state index contributed by atoms with van der Waals surface area (Å²) in [4.78, 5) is 27.9. The van der Waals surface area contributed by atoms with Crippen molar-refractivity contribution in [2.24, 2.45) is 5.92 Å². The minimum atomic E-state index is -0.566. The van der Waals surface area contributed by atoms with Crippen LogP contribution in [0.25, 0.3) is 0 Å². The monoisotopic (exact) mass is 435 g/mol. The Labute approximate surface area is 191 Å². The molecule has 1 aliphatic heterocycles. The molecule has 0 aromatic carbocycles. The SMILES string of the molecule is COC(=O)C1=C(C(=O)OC)C2=C(C)C=CC(C(C)C)=CC2=C(/C=C/N2CCCCC2)C=C1. The van der Waals surface area contributed by atoms with Crippen molar-refractivity contribution in [1.29, 1.82) is 0 Å². The van der Waals surface area contributed by atoms with E-state index >= 15 is 0 Å². The fourth-order valence-corrected chi connectivity index (χ4v) is 4.20. The van der Waals surface area contributed by atoms with Crippen LogP contribution in [0.4, 0.5) is 0 Å². The summed E-state index contributed by atoms with van der Waals surface area (Å²) in [5, 5.41) is 0. The van der Waals surface area contributed by atoms with Crippen LogP contribution in [0.5, 0.6) is 0 Å². The summed E-state index contributed by atoms with van der Waals surface area (Å²) in [6.45, 7) is 8.32. The minimum absolute atomic E-state index is 0.197. The third-order valence-electron chi connectivity index (χ3n) is 6.08. The lowest BCUT2D eigenvalue weighted by Crippen LogP contribution is -2.24. The average molecular weight is 436 g/mol. The van der Waals surface area contributed by atoms with Crippen LogP contribution < -0.4 is 0 Å². The van der Waals surface area contributed by atoms with E-state index < -0.39 is 11.9 Å². The number of hydrogen-bond donors (Lipinski definition) is 0. The highest BCUT2D eigenvalue weighted by atomic mass is 16.5. The number of allylic oxidation sites excluding steroid dienone is 9. The van der Waals surface area contributed by atoms with E-state index in [2.05, 4.69) is 43.2 Å². The number of methoxy groups -OCH3 is 2. The van der Waals surface area contributed by atoms with E-state index in [0.29, 0.717) is 11.5 Å². The Kier molecular flexibility index (Phi) is 7.73. The lowest BCUT2D eigenvalue weighted by atomic mass is 9.88. The van der Waals surface area contributed by atoms with Gasteiger partial charge in [0.25, 0.3) is 0 Å². The van der Waals surface area contributed by atoms with Crippen molar-refractivity contribution in [3.05, 3.63) is 81.7 Å². The molecular formula is C27H33NO4. The van der Waals surface area contributed by atoms with Gasteiger partial charge < -0.3 is 14.4 Å². The Bertz CT molecular complexity index is 993. The molecular weight excluding hydrogens is 402 g/mol. The Morgan fingerprint density at radius 1 is 0.969 bits per heavy atom. The van der Waals surface area contributed by atoms with Crippen LogP contribution in [0.2, 0.25) is 0 Å². The second-order valence-electron chi connectivity index (χ2n) is 8.58. The van der Waals surface area contributed by atoms with E-state index in [0.717, 1.165) is 35.4 Å². The molecule has 0 amide bonds. The van der Waals surface area contributed by atoms with Gasteiger partial charge in [0.2, 0.25) is 0 Å².